The van der Waals surface area contributed by atoms with Crippen molar-refractivity contribution in [2.75, 3.05) is 26.2 Å². The third-order valence-corrected chi connectivity index (χ3v) is 6.16. The molecule has 1 aliphatic heterocycles. The Labute approximate surface area is 148 Å². The van der Waals surface area contributed by atoms with Gasteiger partial charge in [-0.05, 0) is 49.1 Å². The molecule has 1 saturated heterocycles. The van der Waals surface area contributed by atoms with Gasteiger partial charge in [-0.2, -0.15) is 0 Å². The number of hydrogen-bond acceptors (Lipinski definition) is 3. The van der Waals surface area contributed by atoms with Crippen LogP contribution in [-0.4, -0.2) is 48.0 Å². The maximum absolute atomic E-state index is 12.6. The van der Waals surface area contributed by atoms with Gasteiger partial charge in [0.05, 0.1) is 0 Å². The second-order valence-corrected chi connectivity index (χ2v) is 7.69. The minimum atomic E-state index is -0.327. The molecule has 1 aromatic carbocycles. The zero-order valence-electron chi connectivity index (χ0n) is 14.6. The third-order valence-electron chi connectivity index (χ3n) is 6.16. The predicted molar refractivity (Wildman–Crippen MR) is 94.2 cm³/mol. The number of benzene rings is 1. The van der Waals surface area contributed by atoms with Crippen LogP contribution in [0.25, 0.3) is 0 Å². The van der Waals surface area contributed by atoms with Gasteiger partial charge in [0.1, 0.15) is 5.75 Å². The van der Waals surface area contributed by atoms with E-state index in [0.717, 1.165) is 11.8 Å². The Morgan fingerprint density at radius 2 is 1.68 bits per heavy atom. The maximum atomic E-state index is 12.6. The van der Waals surface area contributed by atoms with Gasteiger partial charge in [0.25, 0.3) is 0 Å². The van der Waals surface area contributed by atoms with Gasteiger partial charge < -0.3 is 14.5 Å². The van der Waals surface area contributed by atoms with E-state index < -0.39 is 0 Å². The summed E-state index contributed by atoms with van der Waals surface area (Å²) in [7, 11) is 0. The second kappa shape index (κ2) is 7.06. The van der Waals surface area contributed by atoms with Crippen molar-refractivity contribution in [3.05, 3.63) is 30.3 Å². The van der Waals surface area contributed by atoms with Gasteiger partial charge in [-0.3, -0.25) is 4.79 Å². The topological polar surface area (TPSA) is 49.9 Å². The summed E-state index contributed by atoms with van der Waals surface area (Å²) in [5.41, 5.74) is 0. The van der Waals surface area contributed by atoms with E-state index in [-0.39, 0.29) is 12.0 Å². The molecule has 4 rings (SSSR count). The van der Waals surface area contributed by atoms with Gasteiger partial charge in [-0.25, -0.2) is 4.79 Å². The number of piperazine rings is 1. The van der Waals surface area contributed by atoms with Crippen molar-refractivity contribution in [3.8, 4) is 5.75 Å². The smallest absolute Gasteiger partial charge is 0.410 e. The summed E-state index contributed by atoms with van der Waals surface area (Å²) in [6, 6.07) is 9.11. The second-order valence-electron chi connectivity index (χ2n) is 7.69. The van der Waals surface area contributed by atoms with Crippen LogP contribution in [0.2, 0.25) is 0 Å². The molecule has 0 spiro atoms. The highest BCUT2D eigenvalue weighted by atomic mass is 16.6. The molecule has 3 atom stereocenters. The van der Waals surface area contributed by atoms with Crippen LogP contribution in [0.3, 0.4) is 0 Å². The number of carbonyl (C=O) groups excluding carboxylic acids is 2. The van der Waals surface area contributed by atoms with E-state index in [1.54, 1.807) is 17.0 Å². The molecule has 2 amide bonds. The van der Waals surface area contributed by atoms with Crippen molar-refractivity contribution < 1.29 is 14.3 Å². The molecule has 1 aromatic rings. The minimum absolute atomic E-state index is 0.272. The predicted octanol–water partition coefficient (Wildman–Crippen LogP) is 3.16. The van der Waals surface area contributed by atoms with Crippen LogP contribution in [0.5, 0.6) is 5.75 Å². The molecule has 25 heavy (non-hydrogen) atoms. The fourth-order valence-electron chi connectivity index (χ4n) is 4.77. The van der Waals surface area contributed by atoms with Crippen molar-refractivity contribution in [1.29, 1.82) is 0 Å². The molecule has 1 heterocycles. The first-order chi connectivity index (χ1) is 12.2. The Kier molecular flexibility index (Phi) is 4.64. The molecule has 2 aliphatic carbocycles. The summed E-state index contributed by atoms with van der Waals surface area (Å²) in [5.74, 6) is 3.10. The number of para-hydroxylation sites is 1. The van der Waals surface area contributed by atoms with E-state index in [9.17, 15) is 9.59 Å². The lowest BCUT2D eigenvalue weighted by Crippen LogP contribution is -2.51. The molecule has 2 bridgehead atoms. The first-order valence-electron chi connectivity index (χ1n) is 9.48. The fraction of sp³-hybridized carbons (Fsp3) is 0.600. The van der Waals surface area contributed by atoms with Crippen LogP contribution in [0.4, 0.5) is 4.79 Å². The van der Waals surface area contributed by atoms with E-state index in [4.69, 9.17) is 4.74 Å². The van der Waals surface area contributed by atoms with Crippen LogP contribution in [0.1, 0.15) is 32.1 Å². The molecular formula is C20H26N2O3. The molecule has 0 aromatic heterocycles. The summed E-state index contributed by atoms with van der Waals surface area (Å²) in [4.78, 5) is 28.4. The van der Waals surface area contributed by atoms with Crippen molar-refractivity contribution >= 4 is 12.0 Å². The van der Waals surface area contributed by atoms with Gasteiger partial charge in [-0.15, -0.1) is 0 Å². The Bertz CT molecular complexity index is 625. The molecule has 2 saturated carbocycles. The van der Waals surface area contributed by atoms with Gasteiger partial charge in [-0.1, -0.05) is 24.6 Å². The quantitative estimate of drug-likeness (QED) is 0.848. The standard InChI is InChI=1S/C20H26N2O3/c23-19(14-17-13-15-6-7-16(17)12-15)21-8-10-22(11-9-21)20(24)25-18-4-2-1-3-5-18/h1-5,15-17H,6-14H2. The summed E-state index contributed by atoms with van der Waals surface area (Å²) < 4.78 is 5.37. The zero-order valence-corrected chi connectivity index (χ0v) is 14.6. The fourth-order valence-corrected chi connectivity index (χ4v) is 4.77. The van der Waals surface area contributed by atoms with Crippen LogP contribution in [-0.2, 0) is 4.79 Å². The third kappa shape index (κ3) is 3.65. The lowest BCUT2D eigenvalue weighted by atomic mass is 9.86. The molecule has 3 fully saturated rings. The van der Waals surface area contributed by atoms with E-state index in [1.165, 1.54) is 25.7 Å². The van der Waals surface area contributed by atoms with Crippen LogP contribution >= 0.6 is 0 Å². The van der Waals surface area contributed by atoms with Crippen LogP contribution in [0, 0.1) is 17.8 Å². The van der Waals surface area contributed by atoms with Crippen molar-refractivity contribution in [2.45, 2.75) is 32.1 Å². The molecule has 3 unspecified atom stereocenters. The molecule has 0 radical (unpaired) electrons. The summed E-state index contributed by atoms with van der Waals surface area (Å²) in [5, 5.41) is 0. The Morgan fingerprint density at radius 3 is 2.32 bits per heavy atom. The lowest BCUT2D eigenvalue weighted by Gasteiger charge is -2.35. The monoisotopic (exact) mass is 342 g/mol. The van der Waals surface area contributed by atoms with Gasteiger partial charge in [0, 0.05) is 32.6 Å². The number of nitrogens with zero attached hydrogens (tertiary/aromatic N) is 2. The zero-order chi connectivity index (χ0) is 17.2. The molecule has 5 heteroatoms. The normalized spacial score (nSPS) is 28.2. The first-order valence-corrected chi connectivity index (χ1v) is 9.48. The highest BCUT2D eigenvalue weighted by molar-refractivity contribution is 5.77. The van der Waals surface area contributed by atoms with E-state index in [0.29, 0.717) is 44.3 Å². The number of amides is 2. The first kappa shape index (κ1) is 16.4. The summed E-state index contributed by atoms with van der Waals surface area (Å²) in [6.07, 6.45) is 5.66. The number of carbonyl (C=O) groups is 2. The average molecular weight is 342 g/mol. The Hall–Kier alpha value is -2.04. The summed E-state index contributed by atoms with van der Waals surface area (Å²) >= 11 is 0. The number of hydrogen-bond donors (Lipinski definition) is 0. The molecule has 5 nitrogen and oxygen atoms in total. The number of fused-ring (bicyclic) bond motifs is 2. The van der Waals surface area contributed by atoms with Gasteiger partial charge in [0.2, 0.25) is 5.91 Å². The highest BCUT2D eigenvalue weighted by Gasteiger charge is 2.40. The SMILES string of the molecule is O=C(CC1CC2CCC1C2)N1CCN(C(=O)Oc2ccccc2)CC1. The molecular weight excluding hydrogens is 316 g/mol. The maximum Gasteiger partial charge on any atom is 0.415 e. The molecule has 3 aliphatic rings. The van der Waals surface area contributed by atoms with Gasteiger partial charge >= 0.3 is 6.09 Å². The van der Waals surface area contributed by atoms with Crippen LogP contribution < -0.4 is 4.74 Å². The average Bonchev–Trinajstić information content (AvgIpc) is 3.25. The van der Waals surface area contributed by atoms with Gasteiger partial charge in [0.15, 0.2) is 0 Å². The largest absolute Gasteiger partial charge is 0.415 e. The number of rotatable bonds is 3. The summed E-state index contributed by atoms with van der Waals surface area (Å²) in [6.45, 7) is 2.33. The van der Waals surface area contributed by atoms with E-state index in [2.05, 4.69) is 0 Å². The highest BCUT2D eigenvalue weighted by Crippen LogP contribution is 2.49. The lowest BCUT2D eigenvalue weighted by molar-refractivity contribution is -0.134. The van der Waals surface area contributed by atoms with E-state index >= 15 is 0 Å². The van der Waals surface area contributed by atoms with Crippen LogP contribution in [0.15, 0.2) is 30.3 Å². The van der Waals surface area contributed by atoms with E-state index in [1.807, 2.05) is 23.1 Å². The number of ether oxygens (including phenoxy) is 1. The minimum Gasteiger partial charge on any atom is -0.410 e. The Balaban J connectivity index is 1.24. The molecule has 0 N–H and O–H groups in total. The Morgan fingerprint density at radius 1 is 0.960 bits per heavy atom. The molecule has 134 valence electrons. The van der Waals surface area contributed by atoms with Crippen molar-refractivity contribution in [3.63, 3.8) is 0 Å². The van der Waals surface area contributed by atoms with Crippen molar-refractivity contribution in [2.24, 2.45) is 17.8 Å². The van der Waals surface area contributed by atoms with Crippen molar-refractivity contribution in [1.82, 2.24) is 9.80 Å².